The van der Waals surface area contributed by atoms with Gasteiger partial charge in [-0.05, 0) is 28.3 Å². The Balaban J connectivity index is 1.11. The van der Waals surface area contributed by atoms with E-state index in [4.69, 9.17) is 45.8 Å². The van der Waals surface area contributed by atoms with Crippen molar-refractivity contribution in [1.29, 1.82) is 0 Å². The molecule has 0 aliphatic heterocycles. The van der Waals surface area contributed by atoms with Crippen molar-refractivity contribution in [3.05, 3.63) is 70.8 Å². The Kier molecular flexibility index (Phi) is 21.0. The summed E-state index contributed by atoms with van der Waals surface area (Å²) in [6.07, 6.45) is 2.70. The minimum absolute atomic E-state index is 0.151. The highest BCUT2D eigenvalue weighted by atomic mass is 35.5. The van der Waals surface area contributed by atoms with Gasteiger partial charge in [0.2, 0.25) is 17.6 Å². The van der Waals surface area contributed by atoms with E-state index in [1.807, 2.05) is 24.3 Å². The lowest BCUT2D eigenvalue weighted by Crippen LogP contribution is -2.33. The molecule has 56 heavy (non-hydrogen) atoms. The second-order valence-corrected chi connectivity index (χ2v) is 12.8. The number of aryl methyl sites for hydroxylation is 1. The SMILES string of the molecule is CCCCc1nc(Cl)c(CNC(=O)COCC(=O)NCCOCCOCCOCCOCCOCCN)n1Cc1ccc(-c2ccccc2-c2nn[nH]n2)cc1. The van der Waals surface area contributed by atoms with E-state index in [1.165, 1.54) is 0 Å². The van der Waals surface area contributed by atoms with Crippen LogP contribution in [-0.4, -0.2) is 134 Å². The van der Waals surface area contributed by atoms with Crippen molar-refractivity contribution in [3.63, 3.8) is 0 Å². The molecule has 0 spiro atoms. The molecule has 5 N–H and O–H groups in total. The van der Waals surface area contributed by atoms with Gasteiger partial charge in [0, 0.05) is 31.6 Å². The zero-order valence-corrected chi connectivity index (χ0v) is 32.8. The van der Waals surface area contributed by atoms with Crippen molar-refractivity contribution in [2.75, 3.05) is 92.4 Å². The van der Waals surface area contributed by atoms with Gasteiger partial charge in [-0.25, -0.2) is 4.98 Å². The molecule has 0 bridgehead atoms. The molecular formula is C38H54ClN9O8. The molecule has 0 saturated carbocycles. The summed E-state index contributed by atoms with van der Waals surface area (Å²) in [5.74, 6) is 0.637. The number of benzene rings is 2. The minimum atomic E-state index is -0.382. The first kappa shape index (κ1) is 44.4. The predicted molar refractivity (Wildman–Crippen MR) is 209 cm³/mol. The second-order valence-electron chi connectivity index (χ2n) is 12.4. The summed E-state index contributed by atoms with van der Waals surface area (Å²) >= 11 is 6.62. The third kappa shape index (κ3) is 16.0. The van der Waals surface area contributed by atoms with E-state index >= 15 is 0 Å². The first-order valence-corrected chi connectivity index (χ1v) is 19.2. The van der Waals surface area contributed by atoms with E-state index in [0.29, 0.717) is 102 Å². The molecule has 4 rings (SSSR count). The molecule has 4 aromatic rings. The molecule has 0 radical (unpaired) electrons. The van der Waals surface area contributed by atoms with Crippen molar-refractivity contribution in [2.45, 2.75) is 39.3 Å². The number of ether oxygens (including phenoxy) is 6. The number of carbonyl (C=O) groups excluding carboxylic acids is 2. The zero-order valence-electron chi connectivity index (χ0n) is 32.0. The van der Waals surface area contributed by atoms with E-state index in [2.05, 4.69) is 72.0 Å². The highest BCUT2D eigenvalue weighted by Crippen LogP contribution is 2.30. The van der Waals surface area contributed by atoms with E-state index in [0.717, 1.165) is 47.3 Å². The van der Waals surface area contributed by atoms with Crippen LogP contribution in [0, 0.1) is 0 Å². The van der Waals surface area contributed by atoms with Gasteiger partial charge in [0.25, 0.3) is 0 Å². The maximum atomic E-state index is 12.7. The van der Waals surface area contributed by atoms with Crippen molar-refractivity contribution in [3.8, 4) is 22.5 Å². The molecule has 0 aliphatic rings. The number of amides is 2. The summed E-state index contributed by atoms with van der Waals surface area (Å²) in [5.41, 5.74) is 9.95. The number of imidazole rings is 1. The molecule has 2 aromatic heterocycles. The van der Waals surface area contributed by atoms with Crippen LogP contribution in [0.4, 0.5) is 0 Å². The summed E-state index contributed by atoms with van der Waals surface area (Å²) in [4.78, 5) is 29.5. The molecule has 2 aromatic carbocycles. The third-order valence-electron chi connectivity index (χ3n) is 8.21. The first-order chi connectivity index (χ1) is 27.5. The molecule has 18 heteroatoms. The molecule has 2 amide bonds. The van der Waals surface area contributed by atoms with Gasteiger partial charge in [-0.15, -0.1) is 10.2 Å². The second kappa shape index (κ2) is 26.5. The summed E-state index contributed by atoms with van der Waals surface area (Å²) < 4.78 is 34.3. The fourth-order valence-electron chi connectivity index (χ4n) is 5.41. The average molecular weight is 800 g/mol. The molecule has 0 atom stereocenters. The van der Waals surface area contributed by atoms with Crippen molar-refractivity contribution in [1.82, 2.24) is 40.8 Å². The minimum Gasteiger partial charge on any atom is -0.378 e. The number of unbranched alkanes of at least 4 members (excludes halogenated alkanes) is 1. The number of nitrogens with two attached hydrogens (primary N) is 1. The topological polar surface area (TPSA) is 212 Å². The summed E-state index contributed by atoms with van der Waals surface area (Å²) in [5, 5.41) is 20.4. The van der Waals surface area contributed by atoms with E-state index in [-0.39, 0.29) is 31.6 Å². The number of carbonyl (C=O) groups is 2. The number of hydrogen-bond acceptors (Lipinski definition) is 13. The Hall–Kier alpha value is -4.33. The zero-order chi connectivity index (χ0) is 39.6. The molecule has 17 nitrogen and oxygen atoms in total. The lowest BCUT2D eigenvalue weighted by Gasteiger charge is -2.14. The number of nitrogens with one attached hydrogen (secondary N) is 3. The lowest BCUT2D eigenvalue weighted by atomic mass is 9.98. The van der Waals surface area contributed by atoms with Gasteiger partial charge >= 0.3 is 0 Å². The molecule has 0 saturated heterocycles. The molecule has 0 fully saturated rings. The maximum Gasteiger partial charge on any atom is 0.246 e. The van der Waals surface area contributed by atoms with Crippen LogP contribution >= 0.6 is 11.6 Å². The maximum absolute atomic E-state index is 12.7. The Labute approximate surface area is 332 Å². The van der Waals surface area contributed by atoms with Crippen LogP contribution in [0.5, 0.6) is 0 Å². The molecular weight excluding hydrogens is 746 g/mol. The highest BCUT2D eigenvalue weighted by molar-refractivity contribution is 6.30. The van der Waals surface area contributed by atoms with E-state index in [1.54, 1.807) is 0 Å². The molecule has 2 heterocycles. The van der Waals surface area contributed by atoms with Gasteiger partial charge in [-0.2, -0.15) is 5.21 Å². The number of rotatable bonds is 30. The fraction of sp³-hybridized carbons (Fsp3) is 0.526. The summed E-state index contributed by atoms with van der Waals surface area (Å²) in [7, 11) is 0. The molecule has 0 unspecified atom stereocenters. The van der Waals surface area contributed by atoms with Crippen LogP contribution in [0.3, 0.4) is 0 Å². The number of H-pyrrole nitrogens is 1. The third-order valence-corrected chi connectivity index (χ3v) is 8.52. The Morgan fingerprint density at radius 2 is 1.39 bits per heavy atom. The number of halogens is 1. The van der Waals surface area contributed by atoms with Crippen LogP contribution in [0.15, 0.2) is 48.5 Å². The van der Waals surface area contributed by atoms with Gasteiger partial charge < -0.3 is 49.4 Å². The number of aromatic nitrogens is 6. The van der Waals surface area contributed by atoms with E-state index in [9.17, 15) is 9.59 Å². The van der Waals surface area contributed by atoms with Crippen molar-refractivity contribution >= 4 is 23.4 Å². The van der Waals surface area contributed by atoms with Gasteiger partial charge in [0.1, 0.15) is 19.0 Å². The number of aromatic amines is 1. The summed E-state index contributed by atoms with van der Waals surface area (Å²) in [6.45, 7) is 7.56. The van der Waals surface area contributed by atoms with Gasteiger partial charge in [0.15, 0.2) is 5.15 Å². The van der Waals surface area contributed by atoms with Crippen LogP contribution in [0.25, 0.3) is 22.5 Å². The van der Waals surface area contributed by atoms with Gasteiger partial charge in [-0.1, -0.05) is 73.5 Å². The van der Waals surface area contributed by atoms with Crippen LogP contribution in [0.1, 0.15) is 36.8 Å². The smallest absolute Gasteiger partial charge is 0.246 e. The normalized spacial score (nSPS) is 11.3. The van der Waals surface area contributed by atoms with Crippen molar-refractivity contribution in [2.24, 2.45) is 5.73 Å². The van der Waals surface area contributed by atoms with Crippen LogP contribution < -0.4 is 16.4 Å². The number of nitrogens with zero attached hydrogens (tertiary/aromatic N) is 5. The number of hydrogen-bond donors (Lipinski definition) is 4. The van der Waals surface area contributed by atoms with E-state index < -0.39 is 0 Å². The van der Waals surface area contributed by atoms with Gasteiger partial charge in [-0.3, -0.25) is 9.59 Å². The average Bonchev–Trinajstić information content (AvgIpc) is 3.85. The Morgan fingerprint density at radius 1 is 0.786 bits per heavy atom. The highest BCUT2D eigenvalue weighted by Gasteiger charge is 2.18. The molecule has 306 valence electrons. The molecule has 0 aliphatic carbocycles. The van der Waals surface area contributed by atoms with Crippen LogP contribution in [-0.2, 0) is 57.5 Å². The largest absolute Gasteiger partial charge is 0.378 e. The first-order valence-electron chi connectivity index (χ1n) is 18.9. The lowest BCUT2D eigenvalue weighted by molar-refractivity contribution is -0.131. The van der Waals surface area contributed by atoms with Crippen molar-refractivity contribution < 1.29 is 38.0 Å². The van der Waals surface area contributed by atoms with Gasteiger partial charge in [0.05, 0.1) is 78.3 Å². The Bertz CT molecular complexity index is 1690. The summed E-state index contributed by atoms with van der Waals surface area (Å²) in [6, 6.07) is 16.1. The quantitative estimate of drug-likeness (QED) is 0.0560. The standard InChI is InChI=1S/C38H54ClN9O8/c1-2-3-8-34-43-37(39)33(48(34)26-29-9-11-30(12-10-29)31-6-4-5-7-32(31)38-44-46-47-45-38)25-42-36(50)28-56-27-35(49)41-14-16-52-18-20-54-22-24-55-23-21-53-19-17-51-15-13-40/h4-7,9-12H,2-3,8,13-28,40H2,1H3,(H,41,49)(H,42,50)(H,44,45,46,47). The number of tetrazole rings is 1. The Morgan fingerprint density at radius 3 is 2.00 bits per heavy atom. The monoisotopic (exact) mass is 799 g/mol. The fourth-order valence-corrected chi connectivity index (χ4v) is 5.68. The van der Waals surface area contributed by atoms with Crippen LogP contribution in [0.2, 0.25) is 5.15 Å². The predicted octanol–water partition coefficient (Wildman–Crippen LogP) is 2.57.